The molecule has 5 nitrogen and oxygen atoms in total. The molecule has 0 spiro atoms. The molecule has 0 radical (unpaired) electrons. The van der Waals surface area contributed by atoms with Gasteiger partial charge in [-0.1, -0.05) is 12.1 Å². The molecule has 0 saturated carbocycles. The van der Waals surface area contributed by atoms with Crippen LogP contribution in [0, 0.1) is 11.3 Å². The van der Waals surface area contributed by atoms with Crippen LogP contribution < -0.4 is 10.6 Å². The third-order valence-corrected chi connectivity index (χ3v) is 2.76. The van der Waals surface area contributed by atoms with Crippen LogP contribution in [0.15, 0.2) is 36.5 Å². The van der Waals surface area contributed by atoms with Crippen molar-refractivity contribution >= 4 is 11.5 Å². The highest BCUT2D eigenvalue weighted by Gasteiger charge is 2.06. The number of nitriles is 1. The van der Waals surface area contributed by atoms with Crippen molar-refractivity contribution in [2.45, 2.75) is 6.54 Å². The fourth-order valence-corrected chi connectivity index (χ4v) is 1.78. The SMILES string of the molecule is CN(CCn1ccc(N)n1)c1ccccc1C#N. The average molecular weight is 241 g/mol. The molecule has 0 bridgehead atoms. The van der Waals surface area contributed by atoms with Gasteiger partial charge in [-0.05, 0) is 18.2 Å². The average Bonchev–Trinajstić information content (AvgIpc) is 2.81. The number of para-hydroxylation sites is 1. The number of aromatic nitrogens is 2. The van der Waals surface area contributed by atoms with Gasteiger partial charge < -0.3 is 10.6 Å². The van der Waals surface area contributed by atoms with Crippen molar-refractivity contribution in [3.63, 3.8) is 0 Å². The Morgan fingerprint density at radius 3 is 2.83 bits per heavy atom. The Hall–Kier alpha value is -2.48. The minimum Gasteiger partial charge on any atom is -0.382 e. The summed E-state index contributed by atoms with van der Waals surface area (Å²) >= 11 is 0. The molecule has 1 aromatic heterocycles. The molecule has 0 saturated heterocycles. The molecule has 2 aromatic rings. The largest absolute Gasteiger partial charge is 0.382 e. The minimum atomic E-state index is 0.523. The number of hydrogen-bond acceptors (Lipinski definition) is 4. The van der Waals surface area contributed by atoms with E-state index in [9.17, 15) is 0 Å². The smallest absolute Gasteiger partial charge is 0.145 e. The van der Waals surface area contributed by atoms with Crippen molar-refractivity contribution in [2.24, 2.45) is 0 Å². The molecular weight excluding hydrogens is 226 g/mol. The van der Waals surface area contributed by atoms with Crippen molar-refractivity contribution < 1.29 is 0 Å². The molecule has 92 valence electrons. The monoisotopic (exact) mass is 241 g/mol. The molecule has 2 N–H and O–H groups in total. The first-order valence-electron chi connectivity index (χ1n) is 5.70. The lowest BCUT2D eigenvalue weighted by Gasteiger charge is -2.20. The van der Waals surface area contributed by atoms with E-state index in [-0.39, 0.29) is 0 Å². The summed E-state index contributed by atoms with van der Waals surface area (Å²) < 4.78 is 1.79. The summed E-state index contributed by atoms with van der Waals surface area (Å²) in [5.74, 6) is 0.523. The number of hydrogen-bond donors (Lipinski definition) is 1. The lowest BCUT2D eigenvalue weighted by atomic mass is 10.2. The summed E-state index contributed by atoms with van der Waals surface area (Å²) in [6.07, 6.45) is 1.85. The molecule has 5 heteroatoms. The first-order chi connectivity index (χ1) is 8.70. The van der Waals surface area contributed by atoms with Gasteiger partial charge in [0.1, 0.15) is 11.9 Å². The number of likely N-dealkylation sites (N-methyl/N-ethyl adjacent to an activating group) is 1. The normalized spacial score (nSPS) is 10.0. The van der Waals surface area contributed by atoms with Gasteiger partial charge in [-0.25, -0.2) is 0 Å². The molecule has 0 aliphatic rings. The van der Waals surface area contributed by atoms with Gasteiger partial charge in [-0.15, -0.1) is 0 Å². The molecule has 18 heavy (non-hydrogen) atoms. The molecule has 0 fully saturated rings. The van der Waals surface area contributed by atoms with Gasteiger partial charge in [-0.3, -0.25) is 4.68 Å². The molecule has 0 aliphatic heterocycles. The van der Waals surface area contributed by atoms with Crippen molar-refractivity contribution in [3.05, 3.63) is 42.1 Å². The van der Waals surface area contributed by atoms with Gasteiger partial charge in [0.25, 0.3) is 0 Å². The van der Waals surface area contributed by atoms with Gasteiger partial charge in [0.2, 0.25) is 0 Å². The lowest BCUT2D eigenvalue weighted by Crippen LogP contribution is -2.23. The number of nitrogens with zero attached hydrogens (tertiary/aromatic N) is 4. The summed E-state index contributed by atoms with van der Waals surface area (Å²) in [4.78, 5) is 2.04. The Morgan fingerprint density at radius 1 is 1.39 bits per heavy atom. The predicted octanol–water partition coefficient (Wildman–Crippen LogP) is 1.47. The molecule has 0 atom stereocenters. The van der Waals surface area contributed by atoms with Gasteiger partial charge in [0.15, 0.2) is 0 Å². The maximum Gasteiger partial charge on any atom is 0.145 e. The van der Waals surface area contributed by atoms with Gasteiger partial charge in [-0.2, -0.15) is 10.4 Å². The number of nitrogen functional groups attached to an aromatic ring is 1. The number of rotatable bonds is 4. The number of nitrogens with two attached hydrogens (primary N) is 1. The highest BCUT2D eigenvalue weighted by molar-refractivity contribution is 5.58. The predicted molar refractivity (Wildman–Crippen MR) is 71.1 cm³/mol. The minimum absolute atomic E-state index is 0.523. The van der Waals surface area contributed by atoms with Gasteiger partial charge in [0, 0.05) is 19.8 Å². The van der Waals surface area contributed by atoms with Crippen molar-refractivity contribution in [2.75, 3.05) is 24.2 Å². The second-order valence-electron chi connectivity index (χ2n) is 4.05. The third kappa shape index (κ3) is 2.61. The van der Waals surface area contributed by atoms with E-state index in [1.165, 1.54) is 0 Å². The lowest BCUT2D eigenvalue weighted by molar-refractivity contribution is 0.614. The Labute approximate surface area is 106 Å². The van der Waals surface area contributed by atoms with Crippen molar-refractivity contribution in [3.8, 4) is 6.07 Å². The van der Waals surface area contributed by atoms with Gasteiger partial charge in [0.05, 0.1) is 17.8 Å². The highest BCUT2D eigenvalue weighted by atomic mass is 15.3. The number of anilines is 2. The topological polar surface area (TPSA) is 70.9 Å². The van der Waals surface area contributed by atoms with Crippen LogP contribution in [-0.4, -0.2) is 23.4 Å². The fraction of sp³-hybridized carbons (Fsp3) is 0.231. The maximum atomic E-state index is 9.05. The molecule has 0 aliphatic carbocycles. The molecule has 1 aromatic carbocycles. The fourth-order valence-electron chi connectivity index (χ4n) is 1.78. The van der Waals surface area contributed by atoms with Crippen LogP contribution in [0.2, 0.25) is 0 Å². The maximum absolute atomic E-state index is 9.05. The second kappa shape index (κ2) is 5.23. The summed E-state index contributed by atoms with van der Waals surface area (Å²) in [7, 11) is 1.96. The molecule has 2 rings (SSSR count). The Kier molecular flexibility index (Phi) is 3.49. The summed E-state index contributed by atoms with van der Waals surface area (Å²) in [5, 5.41) is 13.2. The first kappa shape index (κ1) is 12.0. The van der Waals surface area contributed by atoms with E-state index in [0.717, 1.165) is 18.8 Å². The zero-order valence-corrected chi connectivity index (χ0v) is 10.2. The van der Waals surface area contributed by atoms with E-state index in [1.807, 2.05) is 42.4 Å². The summed E-state index contributed by atoms with van der Waals surface area (Å²) in [5.41, 5.74) is 7.16. The van der Waals surface area contributed by atoms with E-state index < -0.39 is 0 Å². The zero-order chi connectivity index (χ0) is 13.0. The van der Waals surface area contributed by atoms with Crippen LogP contribution in [0.5, 0.6) is 0 Å². The van der Waals surface area contributed by atoms with Crippen molar-refractivity contribution in [1.82, 2.24) is 9.78 Å². The number of benzene rings is 1. The second-order valence-corrected chi connectivity index (χ2v) is 4.05. The van der Waals surface area contributed by atoms with E-state index in [0.29, 0.717) is 11.4 Å². The van der Waals surface area contributed by atoms with Crippen LogP contribution >= 0.6 is 0 Å². The zero-order valence-electron chi connectivity index (χ0n) is 10.2. The van der Waals surface area contributed by atoms with Gasteiger partial charge >= 0.3 is 0 Å². The Morgan fingerprint density at radius 2 is 2.17 bits per heavy atom. The Bertz CT molecular complexity index is 567. The summed E-state index contributed by atoms with van der Waals surface area (Å²) in [6, 6.07) is 11.5. The van der Waals surface area contributed by atoms with E-state index in [2.05, 4.69) is 11.2 Å². The van der Waals surface area contributed by atoms with Crippen molar-refractivity contribution in [1.29, 1.82) is 5.26 Å². The molecular formula is C13H15N5. The first-order valence-corrected chi connectivity index (χ1v) is 5.70. The van der Waals surface area contributed by atoms with E-state index >= 15 is 0 Å². The molecule has 0 unspecified atom stereocenters. The standard InChI is InChI=1S/C13H15N5/c1-17(8-9-18-7-6-13(15)16-18)12-5-3-2-4-11(12)10-14/h2-7H,8-9H2,1H3,(H2,15,16). The van der Waals surface area contributed by atoms with E-state index in [1.54, 1.807) is 10.7 Å². The quantitative estimate of drug-likeness (QED) is 0.880. The van der Waals surface area contributed by atoms with E-state index in [4.69, 9.17) is 11.0 Å². The van der Waals surface area contributed by atoms with Crippen LogP contribution in [0.25, 0.3) is 0 Å². The highest BCUT2D eigenvalue weighted by Crippen LogP contribution is 2.17. The molecule has 0 amide bonds. The Balaban J connectivity index is 2.04. The third-order valence-electron chi connectivity index (χ3n) is 2.76. The van der Waals surface area contributed by atoms with Crippen LogP contribution in [-0.2, 0) is 6.54 Å². The summed E-state index contributed by atoms with van der Waals surface area (Å²) in [6.45, 7) is 1.49. The van der Waals surface area contributed by atoms with Crippen LogP contribution in [0.4, 0.5) is 11.5 Å². The van der Waals surface area contributed by atoms with Crippen LogP contribution in [0.1, 0.15) is 5.56 Å². The molecule has 1 heterocycles. The van der Waals surface area contributed by atoms with Crippen LogP contribution in [0.3, 0.4) is 0 Å².